The zero-order valence-corrected chi connectivity index (χ0v) is 16.0. The van der Waals surface area contributed by atoms with E-state index in [0.29, 0.717) is 30.4 Å². The van der Waals surface area contributed by atoms with E-state index in [0.717, 1.165) is 25.9 Å². The number of benzene rings is 1. The van der Waals surface area contributed by atoms with Crippen LogP contribution in [0, 0.1) is 16.0 Å². The maximum Gasteiger partial charge on any atom is 0.294 e. The Kier molecular flexibility index (Phi) is 7.32. The van der Waals surface area contributed by atoms with Crippen LogP contribution in [0.5, 0.6) is 0 Å². The van der Waals surface area contributed by atoms with Crippen molar-refractivity contribution in [2.75, 3.05) is 26.2 Å². The molecular weight excluding hydrogens is 370 g/mol. The second-order valence-corrected chi connectivity index (χ2v) is 6.43. The fraction of sp³-hybridized carbons (Fsp3) is 0.444. The Labute approximate surface area is 164 Å². The van der Waals surface area contributed by atoms with E-state index in [1.54, 1.807) is 30.5 Å². The molecular formula is C18H24ClN5O3. The molecule has 0 aliphatic carbocycles. The normalized spacial score (nSPS) is 14.6. The van der Waals surface area contributed by atoms with Gasteiger partial charge in [0, 0.05) is 25.4 Å². The second-order valence-electron chi connectivity index (χ2n) is 6.43. The minimum absolute atomic E-state index is 0. The molecule has 0 saturated carbocycles. The van der Waals surface area contributed by atoms with Crippen LogP contribution in [-0.2, 0) is 0 Å². The molecule has 1 fully saturated rings. The SMILES string of the molecule is CCNCC1CCN(C(=O)c2ccn(-c3ccccc3[N+](=O)[O-])n2)CC1.Cl. The van der Waals surface area contributed by atoms with Crippen molar-refractivity contribution in [2.24, 2.45) is 5.92 Å². The Bertz CT molecular complexity index is 787. The highest BCUT2D eigenvalue weighted by Gasteiger charge is 2.25. The van der Waals surface area contributed by atoms with Crippen LogP contribution in [0.25, 0.3) is 5.69 Å². The molecule has 1 aromatic carbocycles. The first-order valence-electron chi connectivity index (χ1n) is 8.89. The van der Waals surface area contributed by atoms with Gasteiger partial charge >= 0.3 is 0 Å². The minimum Gasteiger partial charge on any atom is -0.337 e. The summed E-state index contributed by atoms with van der Waals surface area (Å²) in [5.74, 6) is 0.479. The van der Waals surface area contributed by atoms with Crippen LogP contribution in [0.1, 0.15) is 30.3 Å². The molecule has 0 atom stereocenters. The number of hydrogen-bond donors (Lipinski definition) is 1. The molecule has 8 nitrogen and oxygen atoms in total. The average Bonchev–Trinajstić information content (AvgIpc) is 3.16. The molecule has 0 unspecified atom stereocenters. The first-order valence-corrected chi connectivity index (χ1v) is 8.89. The van der Waals surface area contributed by atoms with E-state index in [2.05, 4.69) is 17.3 Å². The monoisotopic (exact) mass is 393 g/mol. The largest absolute Gasteiger partial charge is 0.337 e. The van der Waals surface area contributed by atoms with Gasteiger partial charge < -0.3 is 10.2 Å². The van der Waals surface area contributed by atoms with E-state index in [9.17, 15) is 14.9 Å². The molecule has 27 heavy (non-hydrogen) atoms. The van der Waals surface area contributed by atoms with Crippen LogP contribution in [0.3, 0.4) is 0 Å². The Morgan fingerprint density at radius 2 is 2.00 bits per heavy atom. The number of nitro benzene ring substituents is 1. The van der Waals surface area contributed by atoms with E-state index in [4.69, 9.17) is 0 Å². The number of rotatable bonds is 6. The summed E-state index contributed by atoms with van der Waals surface area (Å²) in [5.41, 5.74) is 0.619. The fourth-order valence-corrected chi connectivity index (χ4v) is 3.24. The van der Waals surface area contributed by atoms with Gasteiger partial charge in [-0.05, 0) is 44.0 Å². The third-order valence-electron chi connectivity index (χ3n) is 4.72. The molecule has 1 aliphatic rings. The molecule has 1 N–H and O–H groups in total. The van der Waals surface area contributed by atoms with E-state index in [-0.39, 0.29) is 24.0 Å². The number of aromatic nitrogens is 2. The van der Waals surface area contributed by atoms with Gasteiger partial charge in [-0.25, -0.2) is 4.68 Å². The first kappa shape index (κ1) is 20.9. The molecule has 0 bridgehead atoms. The van der Waals surface area contributed by atoms with Gasteiger partial charge in [-0.3, -0.25) is 14.9 Å². The fourth-order valence-electron chi connectivity index (χ4n) is 3.24. The molecule has 0 radical (unpaired) electrons. The van der Waals surface area contributed by atoms with Crippen molar-refractivity contribution < 1.29 is 9.72 Å². The number of carbonyl (C=O) groups excluding carboxylic acids is 1. The predicted molar refractivity (Wildman–Crippen MR) is 105 cm³/mol. The smallest absolute Gasteiger partial charge is 0.294 e. The van der Waals surface area contributed by atoms with Crippen LogP contribution in [0.4, 0.5) is 5.69 Å². The standard InChI is InChI=1S/C18H23N5O3.ClH/c1-2-19-13-14-7-10-21(11-8-14)18(24)15-9-12-22(20-15)16-5-3-4-6-17(16)23(25)26;/h3-6,9,12,14,19H,2,7-8,10-11,13H2,1H3;1H. The summed E-state index contributed by atoms with van der Waals surface area (Å²) in [6.45, 7) is 5.47. The van der Waals surface area contributed by atoms with Crippen LogP contribution >= 0.6 is 12.4 Å². The average molecular weight is 394 g/mol. The van der Waals surface area contributed by atoms with Gasteiger partial charge in [0.05, 0.1) is 4.92 Å². The van der Waals surface area contributed by atoms with Gasteiger partial charge in [0.1, 0.15) is 5.69 Å². The van der Waals surface area contributed by atoms with Gasteiger partial charge in [0.15, 0.2) is 5.69 Å². The summed E-state index contributed by atoms with van der Waals surface area (Å²) in [7, 11) is 0. The number of nitrogens with one attached hydrogen (secondary N) is 1. The summed E-state index contributed by atoms with van der Waals surface area (Å²) in [4.78, 5) is 25.2. The van der Waals surface area contributed by atoms with E-state index in [1.807, 2.05) is 4.90 Å². The number of para-hydroxylation sites is 2. The topological polar surface area (TPSA) is 93.3 Å². The maximum atomic E-state index is 12.7. The van der Waals surface area contributed by atoms with Crippen LogP contribution in [0.2, 0.25) is 0 Å². The number of amides is 1. The minimum atomic E-state index is -0.451. The van der Waals surface area contributed by atoms with Gasteiger partial charge in [-0.15, -0.1) is 12.4 Å². The molecule has 146 valence electrons. The van der Waals surface area contributed by atoms with Gasteiger partial charge in [0.2, 0.25) is 0 Å². The van der Waals surface area contributed by atoms with Crippen LogP contribution < -0.4 is 5.32 Å². The highest BCUT2D eigenvalue weighted by atomic mass is 35.5. The summed E-state index contributed by atoms with van der Waals surface area (Å²) in [6, 6.07) is 7.97. The first-order chi connectivity index (χ1) is 12.6. The summed E-state index contributed by atoms with van der Waals surface area (Å²) < 4.78 is 1.39. The summed E-state index contributed by atoms with van der Waals surface area (Å²) >= 11 is 0. The number of carbonyl (C=O) groups is 1. The van der Waals surface area contributed by atoms with Gasteiger partial charge in [-0.1, -0.05) is 19.1 Å². The Hall–Kier alpha value is -2.45. The maximum absolute atomic E-state index is 12.7. The van der Waals surface area contributed by atoms with Crippen molar-refractivity contribution in [1.29, 1.82) is 0 Å². The molecule has 1 aromatic heterocycles. The molecule has 9 heteroatoms. The predicted octanol–water partition coefficient (Wildman–Crippen LogP) is 2.66. The van der Waals surface area contributed by atoms with E-state index < -0.39 is 4.92 Å². The van der Waals surface area contributed by atoms with Crippen LogP contribution in [0.15, 0.2) is 36.5 Å². The number of halogens is 1. The molecule has 1 amide bonds. The third kappa shape index (κ3) is 4.84. The van der Waals surface area contributed by atoms with Crippen molar-refractivity contribution >= 4 is 24.0 Å². The second kappa shape index (κ2) is 9.48. The van der Waals surface area contributed by atoms with Crippen molar-refractivity contribution in [3.8, 4) is 5.69 Å². The molecule has 2 aromatic rings. The van der Waals surface area contributed by atoms with Crippen LogP contribution in [-0.4, -0.2) is 51.7 Å². The number of likely N-dealkylation sites (tertiary alicyclic amines) is 1. The lowest BCUT2D eigenvalue weighted by Gasteiger charge is -2.31. The zero-order valence-electron chi connectivity index (χ0n) is 15.2. The number of nitrogens with zero attached hydrogens (tertiary/aromatic N) is 4. The number of nitro groups is 1. The lowest BCUT2D eigenvalue weighted by atomic mass is 9.96. The third-order valence-corrected chi connectivity index (χ3v) is 4.72. The highest BCUT2D eigenvalue weighted by Crippen LogP contribution is 2.22. The van der Waals surface area contributed by atoms with Crippen molar-refractivity contribution in [3.05, 3.63) is 52.3 Å². The molecule has 1 saturated heterocycles. The Morgan fingerprint density at radius 3 is 2.67 bits per heavy atom. The van der Waals surface area contributed by atoms with Crippen molar-refractivity contribution in [3.63, 3.8) is 0 Å². The summed E-state index contributed by atoms with van der Waals surface area (Å²) in [5, 5.41) is 18.8. The number of hydrogen-bond acceptors (Lipinski definition) is 5. The van der Waals surface area contributed by atoms with E-state index in [1.165, 1.54) is 10.7 Å². The van der Waals surface area contributed by atoms with Crippen molar-refractivity contribution in [2.45, 2.75) is 19.8 Å². The Morgan fingerprint density at radius 1 is 1.30 bits per heavy atom. The lowest BCUT2D eigenvalue weighted by molar-refractivity contribution is -0.384. The van der Waals surface area contributed by atoms with Gasteiger partial charge in [-0.2, -0.15) is 5.10 Å². The molecule has 3 rings (SSSR count). The number of piperidine rings is 1. The van der Waals surface area contributed by atoms with E-state index >= 15 is 0 Å². The molecule has 2 heterocycles. The highest BCUT2D eigenvalue weighted by molar-refractivity contribution is 5.92. The van der Waals surface area contributed by atoms with Crippen molar-refractivity contribution in [1.82, 2.24) is 20.0 Å². The quantitative estimate of drug-likeness (QED) is 0.601. The summed E-state index contributed by atoms with van der Waals surface area (Å²) in [6.07, 6.45) is 3.54. The zero-order chi connectivity index (χ0) is 18.5. The Balaban J connectivity index is 0.00000261. The molecule has 0 spiro atoms. The lowest BCUT2D eigenvalue weighted by Crippen LogP contribution is -2.41. The molecule has 1 aliphatic heterocycles. The van der Waals surface area contributed by atoms with Gasteiger partial charge in [0.25, 0.3) is 11.6 Å².